The van der Waals surface area contributed by atoms with Gasteiger partial charge < -0.3 is 14.6 Å². The lowest BCUT2D eigenvalue weighted by Crippen LogP contribution is -2.41. The first kappa shape index (κ1) is 12.3. The molecule has 1 aliphatic carbocycles. The Balaban J connectivity index is 1.93. The predicted molar refractivity (Wildman–Crippen MR) is 61.6 cm³/mol. The van der Waals surface area contributed by atoms with Crippen LogP contribution in [-0.2, 0) is 9.47 Å². The van der Waals surface area contributed by atoms with Gasteiger partial charge in [-0.05, 0) is 19.3 Å². The van der Waals surface area contributed by atoms with Gasteiger partial charge in [0.15, 0.2) is 16.5 Å². The first-order chi connectivity index (χ1) is 8.27. The Morgan fingerprint density at radius 3 is 2.88 bits per heavy atom. The Morgan fingerprint density at radius 2 is 2.18 bits per heavy atom. The molecule has 1 unspecified atom stereocenters. The van der Waals surface area contributed by atoms with Crippen molar-refractivity contribution >= 4 is 0 Å². The fourth-order valence-corrected chi connectivity index (χ4v) is 2.85. The molecule has 2 fully saturated rings. The molecule has 5 nitrogen and oxygen atoms in total. The van der Waals surface area contributed by atoms with Gasteiger partial charge in [-0.2, -0.15) is 0 Å². The number of allylic oxidation sites excluding steroid dienone is 1. The van der Waals surface area contributed by atoms with Gasteiger partial charge in [-0.25, -0.2) is 0 Å². The van der Waals surface area contributed by atoms with E-state index in [2.05, 4.69) is 4.98 Å². The molecule has 0 amide bonds. The fraction of sp³-hybridized carbons (Fsp3) is 0.833. The van der Waals surface area contributed by atoms with Gasteiger partial charge in [-0.1, -0.05) is 6.42 Å². The molecule has 17 heavy (non-hydrogen) atoms. The standard InChI is InChI=1S/C12H18N2O3/c13-14-9-11(15)5-4-10-3-1-2-6-12(10)16-7-8-17-12/h9-10H,1-8H2/p+1/b11-9-. The smallest absolute Gasteiger partial charge is 0.387 e. The van der Waals surface area contributed by atoms with Gasteiger partial charge in [-0.15, -0.1) is 0 Å². The van der Waals surface area contributed by atoms with E-state index in [0.717, 1.165) is 31.9 Å². The first-order valence-corrected chi connectivity index (χ1v) is 6.27. The summed E-state index contributed by atoms with van der Waals surface area (Å²) in [7, 11) is 0. The van der Waals surface area contributed by atoms with Gasteiger partial charge in [0.05, 0.1) is 13.2 Å². The zero-order chi connectivity index (χ0) is 12.1. The lowest BCUT2D eigenvalue weighted by molar-refractivity contribution is -0.213. The average molecular weight is 239 g/mol. The van der Waals surface area contributed by atoms with E-state index >= 15 is 0 Å². The van der Waals surface area contributed by atoms with E-state index < -0.39 is 5.79 Å². The minimum atomic E-state index is -0.408. The van der Waals surface area contributed by atoms with Gasteiger partial charge >= 0.3 is 6.20 Å². The zero-order valence-electron chi connectivity index (χ0n) is 9.97. The summed E-state index contributed by atoms with van der Waals surface area (Å²) >= 11 is 0. The normalized spacial score (nSPS) is 28.2. The van der Waals surface area contributed by atoms with Crippen molar-refractivity contribution < 1.29 is 14.6 Å². The number of diazo groups is 1. The van der Waals surface area contributed by atoms with Crippen LogP contribution in [0.3, 0.4) is 0 Å². The summed E-state index contributed by atoms with van der Waals surface area (Å²) in [5.74, 6) is 0.0220. The third-order valence-electron chi connectivity index (χ3n) is 3.68. The molecule has 1 spiro atoms. The molecule has 0 aromatic carbocycles. The number of aliphatic hydroxyl groups is 1. The largest absolute Gasteiger partial charge is 0.505 e. The lowest BCUT2D eigenvalue weighted by atomic mass is 9.80. The molecule has 1 N–H and O–H groups in total. The minimum Gasteiger partial charge on any atom is -0.505 e. The topological polar surface area (TPSA) is 66.8 Å². The quantitative estimate of drug-likeness (QED) is 0.607. The summed E-state index contributed by atoms with van der Waals surface area (Å²) in [6.07, 6.45) is 6.74. The van der Waals surface area contributed by atoms with Crippen molar-refractivity contribution in [1.82, 2.24) is 0 Å². The number of rotatable bonds is 3. The lowest BCUT2D eigenvalue weighted by Gasteiger charge is -2.39. The van der Waals surface area contributed by atoms with Crippen molar-refractivity contribution in [1.29, 1.82) is 5.39 Å². The Bertz CT molecular complexity index is 329. The van der Waals surface area contributed by atoms with Crippen molar-refractivity contribution in [3.63, 3.8) is 0 Å². The molecule has 1 atom stereocenters. The highest BCUT2D eigenvalue weighted by molar-refractivity contribution is 4.97. The molecule has 5 heteroatoms. The summed E-state index contributed by atoms with van der Waals surface area (Å²) in [6, 6.07) is 0. The second kappa shape index (κ2) is 5.48. The van der Waals surface area contributed by atoms with E-state index in [1.807, 2.05) is 0 Å². The molecule has 0 radical (unpaired) electrons. The van der Waals surface area contributed by atoms with Crippen LogP contribution < -0.4 is 0 Å². The summed E-state index contributed by atoms with van der Waals surface area (Å²) in [6.45, 7) is 1.34. The molecule has 2 rings (SSSR count). The number of aliphatic hydroxyl groups excluding tert-OH is 1. The molecule has 1 heterocycles. The van der Waals surface area contributed by atoms with Crippen molar-refractivity contribution in [2.75, 3.05) is 13.2 Å². The molecular weight excluding hydrogens is 220 g/mol. The van der Waals surface area contributed by atoms with Crippen LogP contribution in [-0.4, -0.2) is 24.1 Å². The monoisotopic (exact) mass is 239 g/mol. The van der Waals surface area contributed by atoms with E-state index in [-0.39, 0.29) is 5.76 Å². The Kier molecular flexibility index (Phi) is 3.97. The molecule has 0 aromatic rings. The predicted octanol–water partition coefficient (Wildman–Crippen LogP) is 2.95. The Morgan fingerprint density at radius 1 is 1.41 bits per heavy atom. The van der Waals surface area contributed by atoms with Crippen LogP contribution in [0.15, 0.2) is 12.0 Å². The van der Waals surface area contributed by atoms with Crippen LogP contribution in [0, 0.1) is 11.3 Å². The number of nitrogens with zero attached hydrogens (tertiary/aromatic N) is 2. The SMILES string of the molecule is N#[N+]/C=C(\O)CCC1CCCCC12OCCO2. The van der Waals surface area contributed by atoms with Crippen molar-refractivity contribution in [2.24, 2.45) is 5.92 Å². The van der Waals surface area contributed by atoms with E-state index in [9.17, 15) is 5.11 Å². The number of hydrogen-bond donors (Lipinski definition) is 1. The Labute approximate surface area is 101 Å². The van der Waals surface area contributed by atoms with Crippen LogP contribution in [0.2, 0.25) is 0 Å². The molecule has 1 saturated heterocycles. The van der Waals surface area contributed by atoms with Crippen LogP contribution in [0.1, 0.15) is 38.5 Å². The van der Waals surface area contributed by atoms with Crippen molar-refractivity contribution in [3.8, 4) is 0 Å². The number of ether oxygens (including phenoxy) is 2. The van der Waals surface area contributed by atoms with Gasteiger partial charge in [0, 0.05) is 18.8 Å². The van der Waals surface area contributed by atoms with Crippen molar-refractivity contribution in [3.05, 3.63) is 16.9 Å². The maximum absolute atomic E-state index is 9.44. The Hall–Kier alpha value is -1.12. The maximum Gasteiger partial charge on any atom is 0.387 e. The highest BCUT2D eigenvalue weighted by Crippen LogP contribution is 2.42. The van der Waals surface area contributed by atoms with Crippen LogP contribution in [0.25, 0.3) is 4.98 Å². The molecule has 0 aromatic heterocycles. The highest BCUT2D eigenvalue weighted by atomic mass is 16.7. The summed E-state index contributed by atoms with van der Waals surface area (Å²) in [4.78, 5) is 2.81. The van der Waals surface area contributed by atoms with Gasteiger partial charge in [0.2, 0.25) is 5.39 Å². The third kappa shape index (κ3) is 2.76. The van der Waals surface area contributed by atoms with E-state index in [1.54, 1.807) is 0 Å². The van der Waals surface area contributed by atoms with Crippen LogP contribution in [0.5, 0.6) is 0 Å². The summed E-state index contributed by atoms with van der Waals surface area (Å²) < 4.78 is 11.6. The van der Waals surface area contributed by atoms with E-state index in [0.29, 0.717) is 25.6 Å². The molecule has 0 bridgehead atoms. The van der Waals surface area contributed by atoms with Gasteiger partial charge in [0.1, 0.15) is 0 Å². The van der Waals surface area contributed by atoms with E-state index in [4.69, 9.17) is 14.9 Å². The van der Waals surface area contributed by atoms with Crippen LogP contribution in [0.4, 0.5) is 0 Å². The van der Waals surface area contributed by atoms with Crippen LogP contribution >= 0.6 is 0 Å². The maximum atomic E-state index is 9.44. The first-order valence-electron chi connectivity index (χ1n) is 6.27. The second-order valence-electron chi connectivity index (χ2n) is 4.73. The summed E-state index contributed by atoms with van der Waals surface area (Å²) in [5.41, 5.74) is 0. The minimum absolute atomic E-state index is 0.103. The zero-order valence-corrected chi connectivity index (χ0v) is 9.97. The van der Waals surface area contributed by atoms with Crippen molar-refractivity contribution in [2.45, 2.75) is 44.3 Å². The second-order valence-corrected chi connectivity index (χ2v) is 4.73. The fourth-order valence-electron chi connectivity index (χ4n) is 2.85. The molecule has 1 aliphatic heterocycles. The number of hydrogen-bond acceptors (Lipinski definition) is 4. The van der Waals surface area contributed by atoms with E-state index in [1.165, 1.54) is 6.42 Å². The summed E-state index contributed by atoms with van der Waals surface area (Å²) in [5, 5.41) is 17.8. The molecule has 2 aliphatic rings. The van der Waals surface area contributed by atoms with Gasteiger partial charge in [-0.3, -0.25) is 0 Å². The molecule has 1 saturated carbocycles. The van der Waals surface area contributed by atoms with Gasteiger partial charge in [0.25, 0.3) is 0 Å². The average Bonchev–Trinajstić information content (AvgIpc) is 2.78. The molecular formula is C12H19N2O3+. The molecule has 94 valence electrons. The highest BCUT2D eigenvalue weighted by Gasteiger charge is 2.45. The third-order valence-corrected chi connectivity index (χ3v) is 3.68.